The van der Waals surface area contributed by atoms with Crippen LogP contribution >= 0.6 is 11.6 Å². The molecule has 2 heterocycles. The number of nitrogens with zero attached hydrogens (tertiary/aromatic N) is 1. The van der Waals surface area contributed by atoms with Crippen LogP contribution in [0.4, 0.5) is 0 Å². The Bertz CT molecular complexity index is 544. The van der Waals surface area contributed by atoms with Gasteiger partial charge in [-0.3, -0.25) is 20.9 Å². The summed E-state index contributed by atoms with van der Waals surface area (Å²) in [5.41, 5.74) is 1.60. The number of nitrogens with one attached hydrogen (secondary N) is 3. The van der Waals surface area contributed by atoms with E-state index in [2.05, 4.69) is 45.4 Å². The largest absolute Gasteiger partial charge is 0.293 e. The molecule has 0 aromatic heterocycles. The van der Waals surface area contributed by atoms with Gasteiger partial charge in [0.1, 0.15) is 6.29 Å². The van der Waals surface area contributed by atoms with Crippen LogP contribution in [-0.2, 0) is 0 Å². The van der Waals surface area contributed by atoms with Crippen molar-refractivity contribution in [2.45, 2.75) is 81.2 Å². The maximum atomic E-state index is 6.45. The Kier molecular flexibility index (Phi) is 5.91. The molecule has 4 nitrogen and oxygen atoms in total. The van der Waals surface area contributed by atoms with Gasteiger partial charge in [-0.1, -0.05) is 23.8 Å². The van der Waals surface area contributed by atoms with Crippen molar-refractivity contribution in [3.05, 3.63) is 23.8 Å². The molecule has 0 radical (unpaired) electrons. The summed E-state index contributed by atoms with van der Waals surface area (Å²) in [6.07, 6.45) is 18.9. The molecule has 1 fully saturated rings. The quantitative estimate of drug-likeness (QED) is 0.532. The lowest BCUT2D eigenvalue weighted by Crippen LogP contribution is -2.69. The zero-order valence-corrected chi connectivity index (χ0v) is 15.7. The van der Waals surface area contributed by atoms with E-state index in [0.29, 0.717) is 24.0 Å². The Morgan fingerprint density at radius 2 is 2.12 bits per heavy atom. The van der Waals surface area contributed by atoms with E-state index in [4.69, 9.17) is 11.6 Å². The number of hydrogen-bond acceptors (Lipinski definition) is 4. The lowest BCUT2D eigenvalue weighted by Gasteiger charge is -2.47. The molecule has 5 heteroatoms. The molecule has 6 unspecified atom stereocenters. The molecule has 2 aliphatic carbocycles. The lowest BCUT2D eigenvalue weighted by atomic mass is 9.76. The molecule has 4 aliphatic rings. The molecule has 0 aromatic carbocycles. The molecule has 0 saturated carbocycles. The van der Waals surface area contributed by atoms with Gasteiger partial charge in [0.05, 0.1) is 11.4 Å². The molecule has 6 atom stereocenters. The van der Waals surface area contributed by atoms with E-state index in [-0.39, 0.29) is 11.7 Å². The molecule has 0 aromatic rings. The van der Waals surface area contributed by atoms with Gasteiger partial charge in [-0.15, -0.1) is 11.6 Å². The van der Waals surface area contributed by atoms with Gasteiger partial charge in [0.2, 0.25) is 0 Å². The van der Waals surface area contributed by atoms with Gasteiger partial charge >= 0.3 is 0 Å². The highest BCUT2D eigenvalue weighted by Crippen LogP contribution is 2.34. The van der Waals surface area contributed by atoms with E-state index < -0.39 is 0 Å². The van der Waals surface area contributed by atoms with E-state index in [1.54, 1.807) is 5.57 Å². The standard InChI is InChI=1S/C20H31ClN4/c21-15-9-10-18-17(12-15)19(14-6-2-1-3-7-14)25-20(24-18)23-13-16-8-4-5-11-22-16/h6,9-11,15-20,23-25H,1-5,7-8,12-13H2. The van der Waals surface area contributed by atoms with Gasteiger partial charge in [-0.05, 0) is 63.5 Å². The van der Waals surface area contributed by atoms with Gasteiger partial charge < -0.3 is 0 Å². The van der Waals surface area contributed by atoms with Crippen LogP contribution in [0.3, 0.4) is 0 Å². The van der Waals surface area contributed by atoms with Crippen molar-refractivity contribution in [3.63, 3.8) is 0 Å². The first kappa shape index (κ1) is 17.7. The summed E-state index contributed by atoms with van der Waals surface area (Å²) in [4.78, 5) is 4.63. The molecule has 0 amide bonds. The summed E-state index contributed by atoms with van der Waals surface area (Å²) in [5, 5.41) is 11.4. The van der Waals surface area contributed by atoms with Gasteiger partial charge in [-0.2, -0.15) is 0 Å². The maximum absolute atomic E-state index is 6.45. The summed E-state index contributed by atoms with van der Waals surface area (Å²) in [5.74, 6) is 0.544. The number of rotatable bonds is 4. The fraction of sp³-hybridized carbons (Fsp3) is 0.750. The Balaban J connectivity index is 1.44. The number of fused-ring (bicyclic) bond motifs is 1. The van der Waals surface area contributed by atoms with Crippen LogP contribution in [0.1, 0.15) is 51.4 Å². The summed E-state index contributed by atoms with van der Waals surface area (Å²) >= 11 is 6.45. The third-order valence-electron chi connectivity index (χ3n) is 6.09. The predicted molar refractivity (Wildman–Crippen MR) is 105 cm³/mol. The van der Waals surface area contributed by atoms with E-state index in [0.717, 1.165) is 19.4 Å². The average Bonchev–Trinajstić information content (AvgIpc) is 2.67. The Morgan fingerprint density at radius 1 is 1.16 bits per heavy atom. The van der Waals surface area contributed by atoms with Crippen LogP contribution in [-0.4, -0.2) is 42.6 Å². The molecule has 0 bridgehead atoms. The molecular weight excluding hydrogens is 332 g/mol. The minimum absolute atomic E-state index is 0.141. The minimum Gasteiger partial charge on any atom is -0.293 e. The third-order valence-corrected chi connectivity index (χ3v) is 6.41. The Morgan fingerprint density at radius 3 is 2.92 bits per heavy atom. The monoisotopic (exact) mass is 362 g/mol. The topological polar surface area (TPSA) is 48.5 Å². The van der Waals surface area contributed by atoms with Gasteiger partial charge in [0, 0.05) is 18.6 Å². The number of alkyl halides is 1. The first-order valence-corrected chi connectivity index (χ1v) is 10.5. The summed E-state index contributed by atoms with van der Waals surface area (Å²) in [6.45, 7) is 0.937. The second kappa shape index (κ2) is 8.34. The zero-order chi connectivity index (χ0) is 17.1. The maximum Gasteiger partial charge on any atom is 0.112 e. The van der Waals surface area contributed by atoms with Gasteiger partial charge in [0.25, 0.3) is 0 Å². The molecule has 138 valence electrons. The first-order valence-electron chi connectivity index (χ1n) is 10.1. The van der Waals surface area contributed by atoms with E-state index in [1.165, 1.54) is 38.5 Å². The highest BCUT2D eigenvalue weighted by Gasteiger charge is 2.40. The van der Waals surface area contributed by atoms with Crippen LogP contribution < -0.4 is 16.0 Å². The number of allylic oxidation sites excluding steroid dienone is 2. The fourth-order valence-corrected chi connectivity index (χ4v) is 5.02. The van der Waals surface area contributed by atoms with Crippen LogP contribution in [0.2, 0.25) is 0 Å². The van der Waals surface area contributed by atoms with Crippen molar-refractivity contribution < 1.29 is 0 Å². The zero-order valence-electron chi connectivity index (χ0n) is 15.0. The van der Waals surface area contributed by atoms with Crippen molar-refractivity contribution in [1.29, 1.82) is 0 Å². The number of aliphatic imine (C=N–C) groups is 1. The van der Waals surface area contributed by atoms with Crippen molar-refractivity contribution in [3.8, 4) is 0 Å². The van der Waals surface area contributed by atoms with Gasteiger partial charge in [0.15, 0.2) is 0 Å². The van der Waals surface area contributed by atoms with Crippen molar-refractivity contribution in [2.75, 3.05) is 6.54 Å². The molecule has 25 heavy (non-hydrogen) atoms. The van der Waals surface area contributed by atoms with E-state index in [1.807, 2.05) is 0 Å². The molecule has 3 N–H and O–H groups in total. The number of hydrogen-bond donors (Lipinski definition) is 3. The van der Waals surface area contributed by atoms with Crippen LogP contribution in [0.25, 0.3) is 0 Å². The second-order valence-electron chi connectivity index (χ2n) is 7.92. The molecule has 1 saturated heterocycles. The summed E-state index contributed by atoms with van der Waals surface area (Å²) in [7, 11) is 0. The van der Waals surface area contributed by atoms with E-state index in [9.17, 15) is 0 Å². The summed E-state index contributed by atoms with van der Waals surface area (Å²) in [6, 6.07) is 1.26. The van der Waals surface area contributed by atoms with Crippen molar-refractivity contribution >= 4 is 17.8 Å². The Hall–Kier alpha value is -0.680. The van der Waals surface area contributed by atoms with Gasteiger partial charge in [-0.25, -0.2) is 0 Å². The molecule has 2 aliphatic heterocycles. The highest BCUT2D eigenvalue weighted by molar-refractivity contribution is 6.21. The number of halogens is 1. The van der Waals surface area contributed by atoms with Crippen LogP contribution in [0.15, 0.2) is 28.8 Å². The van der Waals surface area contributed by atoms with E-state index >= 15 is 0 Å². The minimum atomic E-state index is 0.141. The van der Waals surface area contributed by atoms with Crippen molar-refractivity contribution in [2.24, 2.45) is 10.9 Å². The third kappa shape index (κ3) is 4.36. The predicted octanol–water partition coefficient (Wildman–Crippen LogP) is 3.10. The first-order chi connectivity index (χ1) is 12.3. The fourth-order valence-electron chi connectivity index (χ4n) is 4.73. The van der Waals surface area contributed by atoms with Crippen molar-refractivity contribution in [1.82, 2.24) is 16.0 Å². The summed E-state index contributed by atoms with van der Waals surface area (Å²) < 4.78 is 0. The van der Waals surface area contributed by atoms with Crippen LogP contribution in [0, 0.1) is 5.92 Å². The molecule has 0 spiro atoms. The normalized spacial score (nSPS) is 41.2. The Labute approximate surface area is 156 Å². The molecular formula is C20H31ClN4. The van der Waals surface area contributed by atoms with Crippen LogP contribution in [0.5, 0.6) is 0 Å². The lowest BCUT2D eigenvalue weighted by molar-refractivity contribution is 0.163. The average molecular weight is 363 g/mol. The molecule has 4 rings (SSSR count). The smallest absolute Gasteiger partial charge is 0.112 e. The highest BCUT2D eigenvalue weighted by atomic mass is 35.5. The second-order valence-corrected chi connectivity index (χ2v) is 8.48. The SMILES string of the molecule is ClC1C=CC2NC(NCC3CCCC=N3)NC(C3=CCCCC3)C2C1.